The molecule has 5 atom stereocenters. The van der Waals surface area contributed by atoms with E-state index in [0.29, 0.717) is 10.8 Å². The van der Waals surface area contributed by atoms with Crippen LogP contribution in [0.1, 0.15) is 93.4 Å². The summed E-state index contributed by atoms with van der Waals surface area (Å²) in [4.78, 5) is 12.6. The lowest BCUT2D eigenvalue weighted by Crippen LogP contribution is -2.61. The maximum atomic E-state index is 12.6. The van der Waals surface area contributed by atoms with Crippen molar-refractivity contribution in [2.24, 2.45) is 33.0 Å². The molecule has 0 spiro atoms. The molecule has 168 valence electrons. The Hall–Kier alpha value is -1.57. The third-order valence-corrected chi connectivity index (χ3v) is 11.1. The molecule has 1 N–H and O–H groups in total. The third-order valence-electron chi connectivity index (χ3n) is 11.1. The van der Waals surface area contributed by atoms with Crippen LogP contribution in [0.4, 0.5) is 0 Å². The van der Waals surface area contributed by atoms with Gasteiger partial charge in [0, 0.05) is 11.0 Å². The van der Waals surface area contributed by atoms with Crippen LogP contribution in [0, 0.1) is 33.0 Å². The van der Waals surface area contributed by atoms with Crippen LogP contribution in [0.2, 0.25) is 0 Å². The highest BCUT2D eigenvalue weighted by Gasteiger charge is 2.66. The van der Waals surface area contributed by atoms with Gasteiger partial charge in [0.25, 0.3) is 0 Å². The first-order chi connectivity index (χ1) is 14.3. The van der Waals surface area contributed by atoms with E-state index in [1.165, 1.54) is 44.1 Å². The molecule has 3 fully saturated rings. The second-order valence-corrected chi connectivity index (χ2v) is 13.2. The molecule has 0 radical (unpaired) electrons. The van der Waals surface area contributed by atoms with Crippen LogP contribution in [-0.4, -0.2) is 10.9 Å². The van der Waals surface area contributed by atoms with Crippen molar-refractivity contribution < 1.29 is 9.90 Å². The van der Waals surface area contributed by atoms with Gasteiger partial charge in [-0.3, -0.25) is 4.79 Å². The SMILES string of the molecule is CC1=C(O)C(=O)C=C2C1=CC=C1[C@@]2(C)CC[C@@]2(C)[C@@H]3CC(C)(C)CC[C@]3(C)CC[C@]12C. The van der Waals surface area contributed by atoms with E-state index in [1.807, 2.05) is 6.92 Å². The first-order valence-electron chi connectivity index (χ1n) is 12.4. The summed E-state index contributed by atoms with van der Waals surface area (Å²) in [5, 5.41) is 10.3. The van der Waals surface area contributed by atoms with Crippen molar-refractivity contribution in [1.82, 2.24) is 0 Å². The lowest BCUT2D eigenvalue weighted by atomic mass is 9.34. The molecule has 0 bridgehead atoms. The number of rotatable bonds is 0. The van der Waals surface area contributed by atoms with Gasteiger partial charge in [-0.05, 0) is 96.7 Å². The Bertz CT molecular complexity index is 1000. The molecule has 2 heteroatoms. The quantitative estimate of drug-likeness (QED) is 0.437. The Labute approximate surface area is 188 Å². The Morgan fingerprint density at radius 2 is 1.58 bits per heavy atom. The average Bonchev–Trinajstić information content (AvgIpc) is 2.70. The van der Waals surface area contributed by atoms with E-state index >= 15 is 0 Å². The van der Waals surface area contributed by atoms with Crippen molar-refractivity contribution in [2.75, 3.05) is 0 Å². The molecular formula is C29H40O2. The monoisotopic (exact) mass is 420 g/mol. The topological polar surface area (TPSA) is 37.3 Å². The van der Waals surface area contributed by atoms with Gasteiger partial charge in [0.05, 0.1) is 0 Å². The minimum atomic E-state index is -0.226. The van der Waals surface area contributed by atoms with E-state index in [0.717, 1.165) is 29.1 Å². The summed E-state index contributed by atoms with van der Waals surface area (Å²) >= 11 is 0. The number of carbonyl (C=O) groups excluding carboxylic acids is 1. The highest BCUT2D eigenvalue weighted by Crippen LogP contribution is 2.75. The summed E-state index contributed by atoms with van der Waals surface area (Å²) < 4.78 is 0. The number of ketones is 1. The van der Waals surface area contributed by atoms with E-state index < -0.39 is 0 Å². The van der Waals surface area contributed by atoms with Crippen LogP contribution < -0.4 is 0 Å². The predicted octanol–water partition coefficient (Wildman–Crippen LogP) is 7.63. The minimum Gasteiger partial charge on any atom is -0.504 e. The van der Waals surface area contributed by atoms with Crippen molar-refractivity contribution >= 4 is 5.78 Å². The van der Waals surface area contributed by atoms with Gasteiger partial charge in [-0.25, -0.2) is 0 Å². The zero-order valence-corrected chi connectivity index (χ0v) is 20.6. The van der Waals surface area contributed by atoms with Crippen molar-refractivity contribution in [2.45, 2.75) is 93.4 Å². The van der Waals surface area contributed by atoms with E-state index in [2.05, 4.69) is 53.7 Å². The van der Waals surface area contributed by atoms with Crippen LogP contribution in [0.25, 0.3) is 0 Å². The third kappa shape index (κ3) is 2.54. The molecule has 31 heavy (non-hydrogen) atoms. The Morgan fingerprint density at radius 3 is 2.29 bits per heavy atom. The summed E-state index contributed by atoms with van der Waals surface area (Å²) in [6.45, 7) is 16.9. The zero-order valence-electron chi connectivity index (χ0n) is 20.6. The van der Waals surface area contributed by atoms with Gasteiger partial charge in [0.15, 0.2) is 5.76 Å². The normalized spacial score (nSPS) is 46.1. The number of allylic oxidation sites excluding steroid dienone is 7. The summed E-state index contributed by atoms with van der Waals surface area (Å²) in [7, 11) is 0. The number of hydrogen-bond acceptors (Lipinski definition) is 2. The first kappa shape index (κ1) is 21.3. The summed E-state index contributed by atoms with van der Waals surface area (Å²) in [5.41, 5.74) is 5.67. The highest BCUT2D eigenvalue weighted by atomic mass is 16.3. The molecule has 3 saturated carbocycles. The van der Waals surface area contributed by atoms with E-state index in [1.54, 1.807) is 6.08 Å². The number of carbonyl (C=O) groups is 1. The lowest BCUT2D eigenvalue weighted by Gasteiger charge is -2.70. The number of fused-ring (bicyclic) bond motifs is 7. The second-order valence-electron chi connectivity index (χ2n) is 13.2. The van der Waals surface area contributed by atoms with Crippen molar-refractivity contribution in [1.29, 1.82) is 0 Å². The molecule has 0 aromatic heterocycles. The number of aliphatic hydroxyl groups is 1. The van der Waals surface area contributed by atoms with Gasteiger partial charge in [-0.15, -0.1) is 0 Å². The van der Waals surface area contributed by atoms with E-state index in [4.69, 9.17) is 0 Å². The molecule has 0 aromatic carbocycles. The summed E-state index contributed by atoms with van der Waals surface area (Å²) in [6.07, 6.45) is 15.2. The molecule has 2 nitrogen and oxygen atoms in total. The average molecular weight is 421 g/mol. The molecule has 5 aliphatic rings. The molecular weight excluding hydrogens is 380 g/mol. The van der Waals surface area contributed by atoms with E-state index in [-0.39, 0.29) is 27.8 Å². The van der Waals surface area contributed by atoms with Gasteiger partial charge in [-0.1, -0.05) is 59.3 Å². The van der Waals surface area contributed by atoms with Crippen LogP contribution in [0.3, 0.4) is 0 Å². The Morgan fingerprint density at radius 1 is 0.903 bits per heavy atom. The standard InChI is InChI=1S/C29H40O2/c1-18-19-8-9-22-27(5,20(19)16-21(30)24(18)31)13-15-29(7)23-17-25(2,3)10-11-26(23,4)12-14-28(22,29)6/h8-9,16,23,31H,10-15,17H2,1-7H3/t23-,26-,27+,28-,29+/m1/s1. The minimum absolute atomic E-state index is 0.0832. The highest BCUT2D eigenvalue weighted by molar-refractivity contribution is 6.06. The maximum Gasteiger partial charge on any atom is 0.220 e. The van der Waals surface area contributed by atoms with Crippen LogP contribution in [0.5, 0.6) is 0 Å². The molecule has 0 heterocycles. The molecule has 0 aliphatic heterocycles. The fourth-order valence-corrected chi connectivity index (χ4v) is 8.62. The number of hydrogen-bond donors (Lipinski definition) is 1. The smallest absolute Gasteiger partial charge is 0.220 e. The van der Waals surface area contributed by atoms with Crippen molar-refractivity contribution in [3.05, 3.63) is 46.3 Å². The Kier molecular flexibility index (Phi) is 4.16. The van der Waals surface area contributed by atoms with Gasteiger partial charge in [0.2, 0.25) is 5.78 Å². The summed E-state index contributed by atoms with van der Waals surface area (Å²) in [5.74, 6) is 0.432. The van der Waals surface area contributed by atoms with Gasteiger partial charge >= 0.3 is 0 Å². The molecule has 0 amide bonds. The molecule has 0 saturated heterocycles. The molecule has 0 unspecified atom stereocenters. The van der Waals surface area contributed by atoms with Crippen molar-refractivity contribution in [3.63, 3.8) is 0 Å². The van der Waals surface area contributed by atoms with Gasteiger partial charge in [-0.2, -0.15) is 0 Å². The van der Waals surface area contributed by atoms with Crippen molar-refractivity contribution in [3.8, 4) is 0 Å². The zero-order chi connectivity index (χ0) is 22.6. The fourth-order valence-electron chi connectivity index (χ4n) is 8.62. The first-order valence-corrected chi connectivity index (χ1v) is 12.4. The van der Waals surface area contributed by atoms with Crippen LogP contribution in [0.15, 0.2) is 46.3 Å². The van der Waals surface area contributed by atoms with Crippen LogP contribution in [-0.2, 0) is 4.79 Å². The molecule has 5 rings (SSSR count). The Balaban J connectivity index is 1.66. The van der Waals surface area contributed by atoms with Crippen LogP contribution >= 0.6 is 0 Å². The lowest BCUT2D eigenvalue weighted by molar-refractivity contribution is -0.159. The predicted molar refractivity (Wildman–Crippen MR) is 127 cm³/mol. The fraction of sp³-hybridized carbons (Fsp3) is 0.690. The second kappa shape index (κ2) is 6.06. The van der Waals surface area contributed by atoms with Gasteiger partial charge in [0.1, 0.15) is 0 Å². The maximum absolute atomic E-state index is 12.6. The molecule has 5 aliphatic carbocycles. The van der Waals surface area contributed by atoms with E-state index in [9.17, 15) is 9.90 Å². The summed E-state index contributed by atoms with van der Waals surface area (Å²) in [6, 6.07) is 0. The largest absolute Gasteiger partial charge is 0.504 e. The number of aliphatic hydroxyl groups excluding tert-OH is 1. The molecule has 0 aromatic rings. The van der Waals surface area contributed by atoms with Gasteiger partial charge < -0.3 is 5.11 Å².